The Morgan fingerprint density at radius 1 is 1.33 bits per heavy atom. The molecule has 162 valence electrons. The van der Waals surface area contributed by atoms with Crippen molar-refractivity contribution in [2.75, 3.05) is 19.6 Å². The highest BCUT2D eigenvalue weighted by Gasteiger charge is 2.35. The van der Waals surface area contributed by atoms with E-state index in [9.17, 15) is 14.4 Å². The van der Waals surface area contributed by atoms with E-state index in [0.717, 1.165) is 57.2 Å². The van der Waals surface area contributed by atoms with Crippen LogP contribution in [0.1, 0.15) is 48.0 Å². The van der Waals surface area contributed by atoms with E-state index in [1.165, 1.54) is 6.42 Å². The molecule has 0 spiro atoms. The van der Waals surface area contributed by atoms with Crippen LogP contribution in [0.15, 0.2) is 19.8 Å². The van der Waals surface area contributed by atoms with Crippen molar-refractivity contribution >= 4 is 39.2 Å². The Balaban J connectivity index is 1.66. The number of hydrogen-bond acceptors (Lipinski definition) is 6. The number of aldehydes is 1. The second-order valence-electron chi connectivity index (χ2n) is 8.27. The fourth-order valence-electron chi connectivity index (χ4n) is 5.09. The van der Waals surface area contributed by atoms with E-state index in [-0.39, 0.29) is 22.7 Å². The Morgan fingerprint density at radius 3 is 2.80 bits per heavy atom. The van der Waals surface area contributed by atoms with E-state index in [1.807, 2.05) is 0 Å². The number of carbonyl (C=O) groups excluding carboxylic acids is 2. The number of hydrogen-bond donors (Lipinski definition) is 3. The lowest BCUT2D eigenvalue weighted by Gasteiger charge is -2.44. The monoisotopic (exact) mass is 478 g/mol. The van der Waals surface area contributed by atoms with E-state index in [4.69, 9.17) is 10.2 Å². The van der Waals surface area contributed by atoms with Crippen molar-refractivity contribution in [1.82, 2.24) is 15.2 Å². The summed E-state index contributed by atoms with van der Waals surface area (Å²) in [6.45, 7) is 2.94. The van der Waals surface area contributed by atoms with Crippen LogP contribution in [0.3, 0.4) is 0 Å². The molecule has 2 aromatic rings. The smallest absolute Gasteiger partial charge is 0.408 e. The maximum atomic E-state index is 12.2. The first-order valence-electron chi connectivity index (χ1n) is 10.6. The number of aromatic amines is 1. The van der Waals surface area contributed by atoms with Crippen molar-refractivity contribution < 1.29 is 14.0 Å². The number of nitrogens with zero attached hydrogens (tertiary/aromatic N) is 1. The number of halogens is 1. The number of likely N-dealkylation sites (tertiary alicyclic amines) is 1. The third-order valence-corrected chi connectivity index (χ3v) is 7.42. The Morgan fingerprint density at radius 2 is 2.10 bits per heavy atom. The highest BCUT2D eigenvalue weighted by Crippen LogP contribution is 2.33. The SMILES string of the molecule is NC(=O)c1c(Br)c(CC(C=O)N2CCCCC2C2CCNCC2)cc2oc(=O)[nH]c12. The number of carbonyl (C=O) groups is 2. The minimum absolute atomic E-state index is 0.173. The van der Waals surface area contributed by atoms with Crippen molar-refractivity contribution in [2.45, 2.75) is 50.6 Å². The fraction of sp³-hybridized carbons (Fsp3) is 0.571. The number of oxazole rings is 1. The zero-order chi connectivity index (χ0) is 21.3. The van der Waals surface area contributed by atoms with Gasteiger partial charge in [0.1, 0.15) is 11.8 Å². The number of rotatable bonds is 6. The van der Waals surface area contributed by atoms with Gasteiger partial charge in [0.25, 0.3) is 5.91 Å². The maximum absolute atomic E-state index is 12.2. The van der Waals surface area contributed by atoms with E-state index in [0.29, 0.717) is 22.9 Å². The van der Waals surface area contributed by atoms with E-state index in [1.54, 1.807) is 6.07 Å². The summed E-state index contributed by atoms with van der Waals surface area (Å²) in [7, 11) is 0. The normalized spacial score (nSPS) is 22.2. The summed E-state index contributed by atoms with van der Waals surface area (Å²) in [6.07, 6.45) is 7.04. The molecule has 8 nitrogen and oxygen atoms in total. The first-order chi connectivity index (χ1) is 14.5. The van der Waals surface area contributed by atoms with Crippen LogP contribution >= 0.6 is 15.9 Å². The molecule has 4 N–H and O–H groups in total. The van der Waals surface area contributed by atoms with Gasteiger partial charge in [-0.25, -0.2) is 4.79 Å². The molecule has 30 heavy (non-hydrogen) atoms. The summed E-state index contributed by atoms with van der Waals surface area (Å²) < 4.78 is 5.68. The Labute approximate surface area is 182 Å². The van der Waals surface area contributed by atoms with Crippen molar-refractivity contribution in [2.24, 2.45) is 11.7 Å². The lowest BCUT2D eigenvalue weighted by Crippen LogP contribution is -2.52. The minimum Gasteiger partial charge on any atom is -0.408 e. The number of nitrogens with one attached hydrogen (secondary N) is 2. The van der Waals surface area contributed by atoms with Crippen LogP contribution in [-0.4, -0.2) is 53.8 Å². The molecular formula is C21H27BrN4O4. The Hall–Kier alpha value is -1.97. The van der Waals surface area contributed by atoms with Crippen LogP contribution < -0.4 is 16.8 Å². The van der Waals surface area contributed by atoms with Crippen LogP contribution in [0.4, 0.5) is 0 Å². The summed E-state index contributed by atoms with van der Waals surface area (Å²) in [5.74, 6) is -0.728. The molecule has 2 atom stereocenters. The zero-order valence-electron chi connectivity index (χ0n) is 16.8. The van der Waals surface area contributed by atoms with Crippen molar-refractivity contribution in [3.63, 3.8) is 0 Å². The molecule has 2 fully saturated rings. The molecule has 1 amide bonds. The number of primary amides is 1. The lowest BCUT2D eigenvalue weighted by atomic mass is 9.83. The molecule has 4 rings (SSSR count). The van der Waals surface area contributed by atoms with Gasteiger partial charge in [0.15, 0.2) is 5.58 Å². The number of piperidine rings is 2. The number of nitrogens with two attached hydrogens (primary N) is 1. The molecule has 0 radical (unpaired) electrons. The average molecular weight is 479 g/mol. The van der Waals surface area contributed by atoms with Crippen molar-refractivity contribution in [3.8, 4) is 0 Å². The highest BCUT2D eigenvalue weighted by molar-refractivity contribution is 9.10. The van der Waals surface area contributed by atoms with Gasteiger partial charge in [-0.15, -0.1) is 0 Å². The van der Waals surface area contributed by atoms with Gasteiger partial charge < -0.3 is 20.3 Å². The minimum atomic E-state index is -0.668. The van der Waals surface area contributed by atoms with E-state index in [2.05, 4.69) is 31.1 Å². The number of aromatic nitrogens is 1. The summed E-state index contributed by atoms with van der Waals surface area (Å²) >= 11 is 3.48. The molecular weight excluding hydrogens is 452 g/mol. The Kier molecular flexibility index (Phi) is 6.40. The topological polar surface area (TPSA) is 121 Å². The molecule has 1 aromatic heterocycles. The molecule has 3 heterocycles. The zero-order valence-corrected chi connectivity index (χ0v) is 18.4. The lowest BCUT2D eigenvalue weighted by molar-refractivity contribution is -0.114. The molecule has 0 aliphatic carbocycles. The van der Waals surface area contributed by atoms with Crippen molar-refractivity contribution in [1.29, 1.82) is 0 Å². The van der Waals surface area contributed by atoms with Gasteiger partial charge in [-0.3, -0.25) is 14.7 Å². The van der Waals surface area contributed by atoms with Gasteiger partial charge in [0, 0.05) is 10.5 Å². The summed E-state index contributed by atoms with van der Waals surface area (Å²) in [5, 5.41) is 3.42. The molecule has 0 saturated carbocycles. The molecule has 1 aromatic carbocycles. The summed E-state index contributed by atoms with van der Waals surface area (Å²) in [6, 6.07) is 1.79. The van der Waals surface area contributed by atoms with Gasteiger partial charge in [-0.2, -0.15) is 0 Å². The third kappa shape index (κ3) is 4.10. The second-order valence-corrected chi connectivity index (χ2v) is 9.07. The molecule has 2 unspecified atom stereocenters. The highest BCUT2D eigenvalue weighted by atomic mass is 79.9. The third-order valence-electron chi connectivity index (χ3n) is 6.51. The van der Waals surface area contributed by atoms with Crippen LogP contribution in [0.2, 0.25) is 0 Å². The summed E-state index contributed by atoms with van der Waals surface area (Å²) in [4.78, 5) is 40.8. The molecule has 2 saturated heterocycles. The van der Waals surface area contributed by atoms with Gasteiger partial charge in [-0.05, 0) is 85.2 Å². The molecule has 2 aliphatic rings. The number of fused-ring (bicyclic) bond motifs is 1. The molecule has 9 heteroatoms. The predicted molar refractivity (Wildman–Crippen MR) is 117 cm³/mol. The molecule has 2 aliphatic heterocycles. The Bertz CT molecular complexity index is 995. The van der Waals surface area contributed by atoms with Crippen LogP contribution in [0, 0.1) is 5.92 Å². The van der Waals surface area contributed by atoms with Crippen molar-refractivity contribution in [3.05, 3.63) is 32.2 Å². The maximum Gasteiger partial charge on any atom is 0.417 e. The number of amides is 1. The quantitative estimate of drug-likeness (QED) is 0.545. The summed E-state index contributed by atoms with van der Waals surface area (Å²) in [5.41, 5.74) is 7.01. The first kappa shape index (κ1) is 21.3. The van der Waals surface area contributed by atoms with Gasteiger partial charge in [-0.1, -0.05) is 6.42 Å². The van der Waals surface area contributed by atoms with E-state index < -0.39 is 11.7 Å². The predicted octanol–water partition coefficient (Wildman–Crippen LogP) is 1.95. The number of H-pyrrole nitrogens is 1. The standard InChI is InChI=1S/C21H27BrN4O4/c22-18-13(10-16-19(17(18)20(23)28)25-21(29)30-16)9-14(11-27)26-8-2-1-3-15(26)12-4-6-24-7-5-12/h10-12,14-15,24H,1-9H2,(H2,23,28)(H,25,29). The van der Waals surface area contributed by atoms with Crippen LogP contribution in [-0.2, 0) is 11.2 Å². The van der Waals surface area contributed by atoms with Gasteiger partial charge in [0.05, 0.1) is 11.6 Å². The van der Waals surface area contributed by atoms with Crippen LogP contribution in [0.5, 0.6) is 0 Å². The largest absolute Gasteiger partial charge is 0.417 e. The second kappa shape index (κ2) is 9.03. The molecule has 0 bridgehead atoms. The number of benzene rings is 1. The van der Waals surface area contributed by atoms with Gasteiger partial charge in [0.2, 0.25) is 0 Å². The first-order valence-corrected chi connectivity index (χ1v) is 11.3. The average Bonchev–Trinajstić information content (AvgIpc) is 3.11. The van der Waals surface area contributed by atoms with Gasteiger partial charge >= 0.3 is 5.76 Å². The van der Waals surface area contributed by atoms with Crippen LogP contribution in [0.25, 0.3) is 11.1 Å². The van der Waals surface area contributed by atoms with E-state index >= 15 is 0 Å². The fourth-order valence-corrected chi connectivity index (χ4v) is 5.76.